The van der Waals surface area contributed by atoms with Gasteiger partial charge in [-0.3, -0.25) is 9.59 Å². The van der Waals surface area contributed by atoms with Crippen LogP contribution >= 0.6 is 11.3 Å². The number of benzene rings is 1. The van der Waals surface area contributed by atoms with Crippen molar-refractivity contribution in [3.63, 3.8) is 0 Å². The van der Waals surface area contributed by atoms with E-state index in [1.165, 1.54) is 16.9 Å². The summed E-state index contributed by atoms with van der Waals surface area (Å²) >= 11 is 1.69. The summed E-state index contributed by atoms with van der Waals surface area (Å²) in [7, 11) is 0. The van der Waals surface area contributed by atoms with Crippen LogP contribution in [0, 0.1) is 0 Å². The Labute approximate surface area is 152 Å². The molecule has 1 heterocycles. The van der Waals surface area contributed by atoms with Crippen molar-refractivity contribution in [3.05, 3.63) is 51.2 Å². The molecule has 0 saturated carbocycles. The minimum absolute atomic E-state index is 0.0636. The maximum Gasteiger partial charge on any atom is 0.256 e. The minimum Gasteiger partial charge on any atom is -0.347 e. The van der Waals surface area contributed by atoms with Gasteiger partial charge in [-0.25, -0.2) is 0 Å². The molecule has 1 aromatic heterocycles. The molecule has 0 atom stereocenters. The summed E-state index contributed by atoms with van der Waals surface area (Å²) in [5.41, 5.74) is 3.03. The largest absolute Gasteiger partial charge is 0.347 e. The van der Waals surface area contributed by atoms with Crippen LogP contribution in [0.2, 0.25) is 0 Å². The van der Waals surface area contributed by atoms with Crippen LogP contribution in [0.1, 0.15) is 64.8 Å². The van der Waals surface area contributed by atoms with Gasteiger partial charge in [0.15, 0.2) is 0 Å². The van der Waals surface area contributed by atoms with Crippen LogP contribution < -0.4 is 10.6 Å². The second kappa shape index (κ2) is 7.00. The van der Waals surface area contributed by atoms with Crippen LogP contribution in [0.15, 0.2) is 29.6 Å². The van der Waals surface area contributed by atoms with Gasteiger partial charge in [-0.05, 0) is 76.3 Å². The average Bonchev–Trinajstić information content (AvgIpc) is 2.98. The van der Waals surface area contributed by atoms with Crippen LogP contribution in [-0.4, -0.2) is 17.4 Å². The van der Waals surface area contributed by atoms with Crippen molar-refractivity contribution in [2.75, 3.05) is 5.32 Å². The lowest BCUT2D eigenvalue weighted by atomic mass is 9.95. The summed E-state index contributed by atoms with van der Waals surface area (Å²) in [6, 6.07) is 7.02. The summed E-state index contributed by atoms with van der Waals surface area (Å²) in [4.78, 5) is 26.1. The first-order valence-corrected chi connectivity index (χ1v) is 9.54. The van der Waals surface area contributed by atoms with E-state index in [9.17, 15) is 9.59 Å². The van der Waals surface area contributed by atoms with Crippen molar-refractivity contribution in [3.8, 4) is 0 Å². The molecule has 0 radical (unpaired) electrons. The molecule has 1 aliphatic carbocycles. The number of amides is 2. The van der Waals surface area contributed by atoms with E-state index in [-0.39, 0.29) is 17.4 Å². The number of rotatable bonds is 3. The lowest BCUT2D eigenvalue weighted by molar-refractivity contribution is 0.0919. The lowest BCUT2D eigenvalue weighted by Gasteiger charge is -2.20. The van der Waals surface area contributed by atoms with Crippen molar-refractivity contribution >= 4 is 28.8 Å². The fraction of sp³-hybridized carbons (Fsp3) is 0.400. The third-order valence-corrected chi connectivity index (χ3v) is 5.29. The number of hydrogen-bond donors (Lipinski definition) is 2. The van der Waals surface area contributed by atoms with Crippen molar-refractivity contribution in [1.29, 1.82) is 0 Å². The topological polar surface area (TPSA) is 58.2 Å². The van der Waals surface area contributed by atoms with Crippen LogP contribution in [0.3, 0.4) is 0 Å². The number of thiophene rings is 1. The molecule has 25 heavy (non-hydrogen) atoms. The fourth-order valence-corrected chi connectivity index (χ4v) is 4.13. The van der Waals surface area contributed by atoms with E-state index in [2.05, 4.69) is 10.6 Å². The molecule has 0 bridgehead atoms. The normalized spacial score (nSPS) is 13.9. The standard InChI is InChI=1S/C20H24N2O2S/c1-20(2,3)22-18(23)13-8-10-14(11-9-13)21-19(24)16-12-25-17-7-5-4-6-15(16)17/h8-12H,4-7H2,1-3H3,(H,21,24)(H,22,23). The summed E-state index contributed by atoms with van der Waals surface area (Å²) in [5.74, 6) is -0.177. The van der Waals surface area contributed by atoms with E-state index < -0.39 is 0 Å². The summed E-state index contributed by atoms with van der Waals surface area (Å²) in [5, 5.41) is 7.84. The van der Waals surface area contributed by atoms with E-state index in [4.69, 9.17) is 0 Å². The Hall–Kier alpha value is -2.14. The van der Waals surface area contributed by atoms with Gasteiger partial charge in [-0.15, -0.1) is 11.3 Å². The average molecular weight is 356 g/mol. The third kappa shape index (κ3) is 4.28. The Morgan fingerprint density at radius 3 is 2.36 bits per heavy atom. The van der Waals surface area contributed by atoms with Gasteiger partial charge in [0.25, 0.3) is 11.8 Å². The van der Waals surface area contributed by atoms with E-state index in [1.54, 1.807) is 35.6 Å². The summed E-state index contributed by atoms with van der Waals surface area (Å²) in [6.45, 7) is 5.84. The molecule has 0 aliphatic heterocycles. The number of aryl methyl sites for hydroxylation is 1. The Morgan fingerprint density at radius 1 is 1.00 bits per heavy atom. The molecule has 2 N–H and O–H groups in total. The number of fused-ring (bicyclic) bond motifs is 1. The van der Waals surface area contributed by atoms with Gasteiger partial charge in [-0.2, -0.15) is 0 Å². The Kier molecular flexibility index (Phi) is 4.95. The highest BCUT2D eigenvalue weighted by molar-refractivity contribution is 7.10. The number of hydrogen-bond acceptors (Lipinski definition) is 3. The highest BCUT2D eigenvalue weighted by atomic mass is 32.1. The first-order chi connectivity index (χ1) is 11.8. The second-order valence-electron chi connectivity index (χ2n) is 7.49. The Balaban J connectivity index is 1.68. The van der Waals surface area contributed by atoms with Crippen molar-refractivity contribution in [2.24, 2.45) is 0 Å². The van der Waals surface area contributed by atoms with Crippen LogP contribution in [0.4, 0.5) is 5.69 Å². The monoisotopic (exact) mass is 356 g/mol. The summed E-state index contributed by atoms with van der Waals surface area (Å²) in [6.07, 6.45) is 4.45. The zero-order chi connectivity index (χ0) is 18.0. The molecule has 1 aromatic carbocycles. The molecule has 2 amide bonds. The van der Waals surface area contributed by atoms with E-state index >= 15 is 0 Å². The Morgan fingerprint density at radius 2 is 1.68 bits per heavy atom. The second-order valence-corrected chi connectivity index (χ2v) is 8.46. The maximum atomic E-state index is 12.6. The predicted molar refractivity (Wildman–Crippen MR) is 103 cm³/mol. The zero-order valence-corrected chi connectivity index (χ0v) is 15.8. The van der Waals surface area contributed by atoms with Gasteiger partial charge in [0.05, 0.1) is 5.56 Å². The van der Waals surface area contributed by atoms with Gasteiger partial charge in [0.2, 0.25) is 0 Å². The highest BCUT2D eigenvalue weighted by Crippen LogP contribution is 2.30. The number of nitrogens with one attached hydrogen (secondary N) is 2. The van der Waals surface area contributed by atoms with E-state index in [1.807, 2.05) is 26.2 Å². The first-order valence-electron chi connectivity index (χ1n) is 8.67. The lowest BCUT2D eigenvalue weighted by Crippen LogP contribution is -2.40. The molecule has 2 aromatic rings. The first kappa shape index (κ1) is 17.7. The molecule has 0 fully saturated rings. The number of carbonyl (C=O) groups is 2. The van der Waals surface area contributed by atoms with Crippen molar-refractivity contribution in [2.45, 2.75) is 52.0 Å². The molecule has 5 heteroatoms. The molecule has 132 valence electrons. The highest BCUT2D eigenvalue weighted by Gasteiger charge is 2.20. The van der Waals surface area contributed by atoms with Gasteiger partial charge >= 0.3 is 0 Å². The van der Waals surface area contributed by atoms with Crippen LogP contribution in [0.5, 0.6) is 0 Å². The van der Waals surface area contributed by atoms with Crippen molar-refractivity contribution < 1.29 is 9.59 Å². The molecule has 0 saturated heterocycles. The minimum atomic E-state index is -0.276. The maximum absolute atomic E-state index is 12.6. The predicted octanol–water partition coefficient (Wildman–Crippen LogP) is 4.41. The smallest absolute Gasteiger partial charge is 0.256 e. The van der Waals surface area contributed by atoms with Crippen molar-refractivity contribution in [1.82, 2.24) is 5.32 Å². The van der Waals surface area contributed by atoms with Gasteiger partial charge in [0, 0.05) is 27.0 Å². The molecular formula is C20H24N2O2S. The molecule has 0 spiro atoms. The third-order valence-electron chi connectivity index (χ3n) is 4.20. The van der Waals surface area contributed by atoms with Gasteiger partial charge < -0.3 is 10.6 Å². The zero-order valence-electron chi connectivity index (χ0n) is 14.9. The van der Waals surface area contributed by atoms with Crippen LogP contribution in [0.25, 0.3) is 0 Å². The fourth-order valence-electron chi connectivity index (χ4n) is 3.00. The quantitative estimate of drug-likeness (QED) is 0.856. The van der Waals surface area contributed by atoms with Gasteiger partial charge in [-0.1, -0.05) is 0 Å². The molecule has 4 nitrogen and oxygen atoms in total. The molecule has 3 rings (SSSR count). The molecule has 0 unspecified atom stereocenters. The van der Waals surface area contributed by atoms with E-state index in [0.29, 0.717) is 11.3 Å². The Bertz CT molecular complexity index is 785. The van der Waals surface area contributed by atoms with Crippen LogP contribution in [-0.2, 0) is 12.8 Å². The SMILES string of the molecule is CC(C)(C)NC(=O)c1ccc(NC(=O)c2csc3c2CCCC3)cc1. The summed E-state index contributed by atoms with van der Waals surface area (Å²) < 4.78 is 0. The van der Waals surface area contributed by atoms with E-state index in [0.717, 1.165) is 24.8 Å². The van der Waals surface area contributed by atoms with Gasteiger partial charge in [0.1, 0.15) is 0 Å². The molecular weight excluding hydrogens is 332 g/mol. The number of anilines is 1. The molecule has 1 aliphatic rings. The number of carbonyl (C=O) groups excluding carboxylic acids is 2.